The van der Waals surface area contributed by atoms with Crippen molar-refractivity contribution in [3.05, 3.63) is 46.6 Å². The van der Waals surface area contributed by atoms with Gasteiger partial charge < -0.3 is 0 Å². The third-order valence-electron chi connectivity index (χ3n) is 4.61. The van der Waals surface area contributed by atoms with Crippen molar-refractivity contribution in [3.8, 4) is 0 Å². The van der Waals surface area contributed by atoms with E-state index in [2.05, 4.69) is 12.2 Å². The van der Waals surface area contributed by atoms with Crippen LogP contribution in [0.2, 0.25) is 0 Å². The van der Waals surface area contributed by atoms with Crippen molar-refractivity contribution in [2.24, 2.45) is 11.8 Å². The zero-order valence-electron chi connectivity index (χ0n) is 10.1. The number of carbonyl (C=O) groups excluding carboxylic acids is 2. The second-order valence-corrected chi connectivity index (χ2v) is 5.50. The van der Waals surface area contributed by atoms with Crippen molar-refractivity contribution in [1.29, 1.82) is 0 Å². The Morgan fingerprint density at radius 2 is 1.22 bits per heavy atom. The van der Waals surface area contributed by atoms with Gasteiger partial charge in [0.2, 0.25) is 0 Å². The van der Waals surface area contributed by atoms with Crippen molar-refractivity contribution in [2.75, 3.05) is 0 Å². The summed E-state index contributed by atoms with van der Waals surface area (Å²) in [6, 6.07) is 0. The number of hydrogen-bond acceptors (Lipinski definition) is 2. The molecule has 0 saturated heterocycles. The molecule has 2 bridgehead atoms. The summed E-state index contributed by atoms with van der Waals surface area (Å²) in [5.41, 5.74) is 3.19. The number of carbonyl (C=O) groups is 2. The van der Waals surface area contributed by atoms with Gasteiger partial charge in [-0.3, -0.25) is 9.59 Å². The van der Waals surface area contributed by atoms with Gasteiger partial charge in [-0.2, -0.15) is 0 Å². The molecule has 0 N–H and O–H groups in total. The topological polar surface area (TPSA) is 34.1 Å². The minimum atomic E-state index is 0.156. The van der Waals surface area contributed by atoms with Crippen LogP contribution in [0.1, 0.15) is 25.7 Å². The smallest absolute Gasteiger partial charge is 0.186 e. The molecule has 90 valence electrons. The van der Waals surface area contributed by atoms with Gasteiger partial charge >= 0.3 is 0 Å². The average molecular weight is 238 g/mol. The Morgan fingerprint density at radius 1 is 0.778 bits per heavy atom. The van der Waals surface area contributed by atoms with Crippen molar-refractivity contribution in [2.45, 2.75) is 25.7 Å². The third kappa shape index (κ3) is 1.13. The first-order valence-corrected chi connectivity index (χ1v) is 6.66. The van der Waals surface area contributed by atoms with Gasteiger partial charge in [0.25, 0.3) is 0 Å². The van der Waals surface area contributed by atoms with E-state index in [1.165, 1.54) is 0 Å². The fourth-order valence-electron chi connectivity index (χ4n) is 3.72. The van der Waals surface area contributed by atoms with Gasteiger partial charge in [0.1, 0.15) is 0 Å². The lowest BCUT2D eigenvalue weighted by Crippen LogP contribution is -2.36. The Kier molecular flexibility index (Phi) is 1.94. The predicted octanol–water partition coefficient (Wildman–Crippen LogP) is 2.68. The summed E-state index contributed by atoms with van der Waals surface area (Å²) in [4.78, 5) is 25.2. The van der Waals surface area contributed by atoms with Crippen LogP contribution in [-0.4, -0.2) is 11.6 Å². The summed E-state index contributed by atoms with van der Waals surface area (Å²) in [7, 11) is 0. The Hall–Kier alpha value is -1.70. The van der Waals surface area contributed by atoms with Crippen LogP contribution in [0, 0.1) is 11.8 Å². The van der Waals surface area contributed by atoms with Crippen molar-refractivity contribution in [3.63, 3.8) is 0 Å². The standard InChI is InChI=1S/C16H14O2/c17-15-11-3-1-2-4-12(11)16(18)14-10-7-5-9(6-8-10)13(14)15/h1-2,5,7,9-10H,3-4,6,8H2. The highest BCUT2D eigenvalue weighted by molar-refractivity contribution is 6.26. The number of rotatable bonds is 0. The molecule has 0 spiro atoms. The normalized spacial score (nSPS) is 33.1. The summed E-state index contributed by atoms with van der Waals surface area (Å²) in [5.74, 6) is 0.703. The van der Waals surface area contributed by atoms with Gasteiger partial charge in [-0.1, -0.05) is 24.3 Å². The highest BCUT2D eigenvalue weighted by atomic mass is 16.1. The number of Topliss-reactive ketones (excluding diaryl/α,β-unsaturated/α-hetero) is 2. The van der Waals surface area contributed by atoms with Gasteiger partial charge in [-0.15, -0.1) is 0 Å². The lowest BCUT2D eigenvalue weighted by atomic mass is 9.64. The maximum atomic E-state index is 12.6. The SMILES string of the molecule is O=C1C2=C(CC=CC2)C(=O)C2=C1C1C=CC2CC1. The summed E-state index contributed by atoms with van der Waals surface area (Å²) in [5, 5.41) is 0. The lowest BCUT2D eigenvalue weighted by Gasteiger charge is -2.38. The molecular weight excluding hydrogens is 224 g/mol. The van der Waals surface area contributed by atoms with Crippen LogP contribution in [-0.2, 0) is 9.59 Å². The van der Waals surface area contributed by atoms with E-state index >= 15 is 0 Å². The van der Waals surface area contributed by atoms with Crippen LogP contribution in [0.15, 0.2) is 46.6 Å². The van der Waals surface area contributed by atoms with Crippen LogP contribution >= 0.6 is 0 Å². The minimum Gasteiger partial charge on any atom is -0.289 e. The van der Waals surface area contributed by atoms with Gasteiger partial charge in [0, 0.05) is 34.1 Å². The predicted molar refractivity (Wildman–Crippen MR) is 67.8 cm³/mol. The average Bonchev–Trinajstić information content (AvgIpc) is 2.45. The zero-order chi connectivity index (χ0) is 12.3. The second kappa shape index (κ2) is 3.41. The quantitative estimate of drug-likeness (QED) is 0.480. The first-order valence-electron chi connectivity index (χ1n) is 6.66. The first-order chi connectivity index (χ1) is 8.77. The van der Waals surface area contributed by atoms with E-state index < -0.39 is 0 Å². The number of fused-ring (bicyclic) bond motifs is 1. The van der Waals surface area contributed by atoms with Crippen molar-refractivity contribution in [1.82, 2.24) is 0 Å². The van der Waals surface area contributed by atoms with Crippen LogP contribution in [0.25, 0.3) is 0 Å². The summed E-state index contributed by atoms with van der Waals surface area (Å²) in [6.45, 7) is 0. The van der Waals surface area contributed by atoms with E-state index in [0.29, 0.717) is 12.8 Å². The molecule has 5 aliphatic rings. The molecule has 0 aromatic rings. The Morgan fingerprint density at radius 3 is 1.61 bits per heavy atom. The Labute approximate surface area is 106 Å². The molecule has 5 rings (SSSR count). The molecule has 2 heteroatoms. The molecule has 2 unspecified atom stereocenters. The second-order valence-electron chi connectivity index (χ2n) is 5.50. The van der Waals surface area contributed by atoms with Crippen LogP contribution in [0.3, 0.4) is 0 Å². The Bertz CT molecular complexity index is 549. The molecule has 0 heterocycles. The molecular formula is C16H14O2. The van der Waals surface area contributed by atoms with E-state index in [0.717, 1.165) is 35.1 Å². The van der Waals surface area contributed by atoms with E-state index in [-0.39, 0.29) is 23.4 Å². The van der Waals surface area contributed by atoms with E-state index in [4.69, 9.17) is 0 Å². The van der Waals surface area contributed by atoms with Crippen LogP contribution in [0.4, 0.5) is 0 Å². The minimum absolute atomic E-state index is 0.156. The molecule has 0 amide bonds. The molecule has 0 aromatic carbocycles. The largest absolute Gasteiger partial charge is 0.289 e. The van der Waals surface area contributed by atoms with Gasteiger partial charge in [-0.05, 0) is 25.7 Å². The van der Waals surface area contributed by atoms with Gasteiger partial charge in [0.05, 0.1) is 0 Å². The van der Waals surface area contributed by atoms with E-state index in [9.17, 15) is 9.59 Å². The monoisotopic (exact) mass is 238 g/mol. The first kappa shape index (κ1) is 10.2. The summed E-state index contributed by atoms with van der Waals surface area (Å²) in [6.07, 6.45) is 11.6. The maximum absolute atomic E-state index is 12.6. The highest BCUT2D eigenvalue weighted by Gasteiger charge is 2.43. The fourth-order valence-corrected chi connectivity index (χ4v) is 3.72. The van der Waals surface area contributed by atoms with Crippen molar-refractivity contribution >= 4 is 11.6 Å². The van der Waals surface area contributed by atoms with E-state index in [1.54, 1.807) is 0 Å². The van der Waals surface area contributed by atoms with Crippen molar-refractivity contribution < 1.29 is 9.59 Å². The molecule has 0 aliphatic heterocycles. The molecule has 2 nitrogen and oxygen atoms in total. The molecule has 0 radical (unpaired) electrons. The van der Waals surface area contributed by atoms with Gasteiger partial charge in [0.15, 0.2) is 11.6 Å². The number of hydrogen-bond donors (Lipinski definition) is 0. The molecule has 2 atom stereocenters. The number of allylic oxidation sites excluding steroid dienone is 8. The molecule has 0 saturated carbocycles. The summed E-state index contributed by atoms with van der Waals surface area (Å²) >= 11 is 0. The molecule has 5 aliphatic carbocycles. The lowest BCUT2D eigenvalue weighted by molar-refractivity contribution is -0.117. The number of ketones is 2. The van der Waals surface area contributed by atoms with Gasteiger partial charge in [-0.25, -0.2) is 0 Å². The molecule has 0 fully saturated rings. The highest BCUT2D eigenvalue weighted by Crippen LogP contribution is 2.47. The fraction of sp³-hybridized carbons (Fsp3) is 0.375. The Balaban J connectivity index is 1.89. The van der Waals surface area contributed by atoms with Crippen LogP contribution in [0.5, 0.6) is 0 Å². The zero-order valence-corrected chi connectivity index (χ0v) is 10.1. The third-order valence-corrected chi connectivity index (χ3v) is 4.61. The van der Waals surface area contributed by atoms with E-state index in [1.807, 2.05) is 12.2 Å². The molecule has 18 heavy (non-hydrogen) atoms. The molecule has 0 aromatic heterocycles. The van der Waals surface area contributed by atoms with Crippen LogP contribution < -0.4 is 0 Å². The summed E-state index contributed by atoms with van der Waals surface area (Å²) < 4.78 is 0. The maximum Gasteiger partial charge on any atom is 0.186 e.